The van der Waals surface area contributed by atoms with Crippen LogP contribution < -0.4 is 16.7 Å². The zero-order chi connectivity index (χ0) is 32.5. The van der Waals surface area contributed by atoms with Gasteiger partial charge < -0.3 is 4.74 Å². The Balaban J connectivity index is 1.40. The molecule has 48 heavy (non-hydrogen) atoms. The number of benzene rings is 3. The maximum Gasteiger partial charge on any atom is 0.249 e. The van der Waals surface area contributed by atoms with Gasteiger partial charge in [-0.2, -0.15) is 4.57 Å². The minimum absolute atomic E-state index is 0.111. The Morgan fingerprint density at radius 1 is 0.688 bits per heavy atom. The van der Waals surface area contributed by atoms with Gasteiger partial charge in [0.1, 0.15) is 25.0 Å². The molecule has 4 nitrogen and oxygen atoms in total. The fourth-order valence-electron chi connectivity index (χ4n) is 7.53. The number of pyridine rings is 3. The van der Waals surface area contributed by atoms with E-state index in [2.05, 4.69) is 148 Å². The Kier molecular flexibility index (Phi) is 8.47. The van der Waals surface area contributed by atoms with Crippen molar-refractivity contribution in [3.05, 3.63) is 162 Å². The number of ether oxygens (including phenoxy) is 1. The van der Waals surface area contributed by atoms with E-state index in [1.807, 2.05) is 18.2 Å². The Labute approximate surface area is 294 Å². The topological polar surface area (TPSA) is 20.9 Å². The van der Waals surface area contributed by atoms with E-state index >= 15 is 0 Å². The van der Waals surface area contributed by atoms with Crippen LogP contribution in [0.25, 0.3) is 28.2 Å². The molecule has 0 radical (unpaired) electrons. The van der Waals surface area contributed by atoms with Gasteiger partial charge in [-0.1, -0.05) is 61.5 Å². The second-order valence-corrected chi connectivity index (χ2v) is 16.3. The lowest BCUT2D eigenvalue weighted by Gasteiger charge is -2.30. The molecule has 0 amide bonds. The number of nitrogens with zero attached hydrogens (tertiary/aromatic N) is 3. The molecule has 7 heterocycles. The lowest BCUT2D eigenvalue weighted by atomic mass is 9.75. The Morgan fingerprint density at radius 3 is 2.19 bits per heavy atom. The molecule has 0 fully saturated rings. The molecular weight excluding hydrogens is 701 g/mol. The average molecular weight is 743 g/mol. The average Bonchev–Trinajstić information content (AvgIpc) is 3.11. The molecule has 10 rings (SSSR count). The molecule has 0 N–H and O–H groups in total. The van der Waals surface area contributed by atoms with Gasteiger partial charge in [-0.15, -0.1) is 2.78 Å². The molecule has 1 atom stereocenters. The van der Waals surface area contributed by atoms with E-state index in [-0.39, 0.29) is 5.41 Å². The largest absolute Gasteiger partial charge is 0.488 e. The van der Waals surface area contributed by atoms with Crippen molar-refractivity contribution in [2.24, 2.45) is 12.5 Å². The third-order valence-corrected chi connectivity index (χ3v) is 12.7. The molecular formula is C43H41IN3O+3. The van der Waals surface area contributed by atoms with Crippen LogP contribution in [0.2, 0.25) is 0 Å². The summed E-state index contributed by atoms with van der Waals surface area (Å²) in [7, 11) is 2.20. The van der Waals surface area contributed by atoms with Crippen molar-refractivity contribution in [3.8, 4) is 34.0 Å². The molecule has 0 saturated carbocycles. The minimum Gasteiger partial charge on any atom is -0.488 e. The zero-order valence-electron chi connectivity index (χ0n) is 27.6. The SMILES string of the molecule is C[n+]1cc2ccc1-c1ccccc1-[n+]1cc3ccc1-c1ccccc1C(COc1ccccc1)=I[n+]1ccccc1CCC[C@](C)(C2)C3. The van der Waals surface area contributed by atoms with Crippen LogP contribution >= 0.6 is 21.0 Å². The van der Waals surface area contributed by atoms with Gasteiger partial charge in [0, 0.05) is 53.4 Å². The third-order valence-electron chi connectivity index (χ3n) is 9.81. The number of hydrogen-bond donors (Lipinski definition) is 0. The normalized spacial score (nSPS) is 17.0. The Bertz CT molecular complexity index is 2160. The van der Waals surface area contributed by atoms with E-state index in [9.17, 15) is 0 Å². The fraction of sp³-hybridized carbons (Fsp3) is 0.209. The summed E-state index contributed by atoms with van der Waals surface area (Å²) in [4.78, 5) is 0. The van der Waals surface area contributed by atoms with E-state index < -0.39 is 21.0 Å². The molecule has 5 heteroatoms. The molecule has 3 aromatic carbocycles. The maximum atomic E-state index is 6.54. The van der Waals surface area contributed by atoms with Crippen LogP contribution in [-0.4, -0.2) is 10.1 Å². The summed E-state index contributed by atoms with van der Waals surface area (Å²) in [5, 5.41) is 0. The first-order valence-corrected chi connectivity index (χ1v) is 19.0. The molecule has 0 aliphatic carbocycles. The maximum absolute atomic E-state index is 6.54. The molecule has 4 aliphatic heterocycles. The molecule has 3 aromatic heterocycles. The number of hydrogen-bond acceptors (Lipinski definition) is 1. The number of aromatic nitrogens is 3. The molecule has 238 valence electrons. The first-order chi connectivity index (χ1) is 23.5. The summed E-state index contributed by atoms with van der Waals surface area (Å²) in [6, 6.07) is 44.2. The van der Waals surface area contributed by atoms with Gasteiger partial charge in [-0.05, 0) is 67.5 Å². The van der Waals surface area contributed by atoms with Crippen molar-refractivity contribution in [2.45, 2.75) is 39.0 Å². The van der Waals surface area contributed by atoms with E-state index in [0.717, 1.165) is 37.9 Å². The first kappa shape index (κ1) is 30.8. The fourth-order valence-corrected chi connectivity index (χ4v) is 10.2. The Morgan fingerprint density at radius 2 is 1.38 bits per heavy atom. The van der Waals surface area contributed by atoms with Crippen molar-refractivity contribution < 1.29 is 16.7 Å². The van der Waals surface area contributed by atoms with Crippen LogP contribution in [0.4, 0.5) is 0 Å². The Hall–Kier alpha value is -4.49. The van der Waals surface area contributed by atoms with Crippen LogP contribution in [0.5, 0.6) is 5.75 Å². The van der Waals surface area contributed by atoms with Crippen molar-refractivity contribution in [1.82, 2.24) is 0 Å². The van der Waals surface area contributed by atoms with E-state index in [1.165, 1.54) is 54.1 Å². The van der Waals surface area contributed by atoms with E-state index in [1.54, 1.807) is 0 Å². The number of halogens is 1. The van der Waals surface area contributed by atoms with Crippen molar-refractivity contribution >= 4 is 24.5 Å². The predicted molar refractivity (Wildman–Crippen MR) is 201 cm³/mol. The van der Waals surface area contributed by atoms with E-state index in [0.29, 0.717) is 6.61 Å². The number of para-hydroxylation sites is 2. The van der Waals surface area contributed by atoms with Crippen molar-refractivity contribution in [3.63, 3.8) is 0 Å². The van der Waals surface area contributed by atoms with Crippen LogP contribution in [0, 0.1) is 5.41 Å². The highest BCUT2D eigenvalue weighted by atomic mass is 127. The lowest BCUT2D eigenvalue weighted by Crippen LogP contribution is -2.39. The van der Waals surface area contributed by atoms with Gasteiger partial charge in [-0.3, -0.25) is 0 Å². The zero-order valence-corrected chi connectivity index (χ0v) is 29.8. The summed E-state index contributed by atoms with van der Waals surface area (Å²) >= 11 is -0.593. The second kappa shape index (κ2) is 13.2. The predicted octanol–water partition coefficient (Wildman–Crippen LogP) is 7.88. The molecule has 0 spiro atoms. The summed E-state index contributed by atoms with van der Waals surface area (Å²) in [5.41, 5.74) is 11.6. The number of fused-ring (bicyclic) bond motifs is 5. The quantitative estimate of drug-likeness (QED) is 0.134. The minimum atomic E-state index is -0.593. The highest BCUT2D eigenvalue weighted by molar-refractivity contribution is 14.1. The first-order valence-electron chi connectivity index (χ1n) is 16.9. The van der Waals surface area contributed by atoms with Crippen molar-refractivity contribution in [1.29, 1.82) is 0 Å². The van der Waals surface area contributed by atoms with Gasteiger partial charge in [0.05, 0.1) is 9.07 Å². The van der Waals surface area contributed by atoms with Crippen LogP contribution in [0.15, 0.2) is 140 Å². The van der Waals surface area contributed by atoms with Crippen LogP contribution in [0.3, 0.4) is 0 Å². The standard InChI is InChI=1S/C43H41IN3O/c1-43-25-12-14-34-13-10-11-26-47(34)44-39(31-48-35-15-4-3-5-16-35)36-17-6-7-18-37(36)42-24-22-33(28-43)30-46(42)41-20-9-8-19-38(41)40-23-21-32(27-43)29-45(40)2/h3-11,13,15-24,26,29-30H,12,14,25,27-28,31H2,1-2H3/q+3/t43-/m1/s1. The molecule has 0 unspecified atom stereocenters. The molecule has 6 bridgehead atoms. The smallest absolute Gasteiger partial charge is 0.249 e. The highest BCUT2D eigenvalue weighted by Crippen LogP contribution is 2.36. The van der Waals surface area contributed by atoms with E-state index in [4.69, 9.17) is 4.74 Å². The summed E-state index contributed by atoms with van der Waals surface area (Å²) in [6.45, 7) is 3.05. The van der Waals surface area contributed by atoms with Gasteiger partial charge in [0.15, 0.2) is 24.3 Å². The second-order valence-electron chi connectivity index (χ2n) is 13.5. The van der Waals surface area contributed by atoms with Gasteiger partial charge in [0.2, 0.25) is 38.1 Å². The van der Waals surface area contributed by atoms with Gasteiger partial charge in [0.25, 0.3) is 0 Å². The molecule has 4 aliphatic rings. The summed E-state index contributed by atoms with van der Waals surface area (Å²) in [6.07, 6.45) is 12.5. The van der Waals surface area contributed by atoms with Gasteiger partial charge >= 0.3 is 0 Å². The van der Waals surface area contributed by atoms with Crippen LogP contribution in [-0.2, 0) is 26.3 Å². The van der Waals surface area contributed by atoms with Gasteiger partial charge in [-0.25, -0.2) is 4.57 Å². The monoisotopic (exact) mass is 742 g/mol. The lowest BCUT2D eigenvalue weighted by molar-refractivity contribution is -0.661. The van der Waals surface area contributed by atoms with Crippen molar-refractivity contribution in [2.75, 3.05) is 6.61 Å². The highest BCUT2D eigenvalue weighted by Gasteiger charge is 2.32. The number of rotatable bonds is 3. The number of aryl methyl sites for hydroxylation is 2. The molecule has 6 aromatic rings. The summed E-state index contributed by atoms with van der Waals surface area (Å²) in [5.74, 6) is 0.901. The molecule has 0 saturated heterocycles. The van der Waals surface area contributed by atoms with Crippen LogP contribution in [0.1, 0.15) is 42.1 Å². The summed E-state index contributed by atoms with van der Waals surface area (Å²) < 4.78 is 15.2. The third kappa shape index (κ3) is 6.24.